The van der Waals surface area contributed by atoms with E-state index in [0.29, 0.717) is 22.8 Å². The van der Waals surface area contributed by atoms with Crippen LogP contribution in [0.1, 0.15) is 17.3 Å². The quantitative estimate of drug-likeness (QED) is 0.458. The molecule has 92 valence electrons. The van der Waals surface area contributed by atoms with Crippen LogP contribution in [-0.4, -0.2) is 30.9 Å². The zero-order valence-electron chi connectivity index (χ0n) is 9.98. The van der Waals surface area contributed by atoms with Crippen molar-refractivity contribution in [1.29, 1.82) is 0 Å². The zero-order chi connectivity index (χ0) is 12.8. The average Bonchev–Trinajstić information content (AvgIpc) is 2.29. The summed E-state index contributed by atoms with van der Waals surface area (Å²) in [5, 5.41) is 0. The highest BCUT2D eigenvalue weighted by Gasteiger charge is 2.11. The Bertz CT molecular complexity index is 429. The largest absolute Gasteiger partial charge is 0.493 e. The average molecular weight is 254 g/mol. The maximum absolute atomic E-state index is 11.7. The molecular formula is C12H14O4S. The number of thioether (sulfide) groups is 1. The summed E-state index contributed by atoms with van der Waals surface area (Å²) < 4.78 is 10.0. The molecule has 0 atom stereocenters. The molecule has 0 aliphatic carbocycles. The third-order valence-electron chi connectivity index (χ3n) is 2.01. The number of esters is 1. The first-order valence-corrected chi connectivity index (χ1v) is 6.36. The Morgan fingerprint density at radius 3 is 2.53 bits per heavy atom. The Kier molecular flexibility index (Phi) is 5.03. The van der Waals surface area contributed by atoms with Gasteiger partial charge in [0.15, 0.2) is 17.3 Å². The summed E-state index contributed by atoms with van der Waals surface area (Å²) in [4.78, 5) is 22.5. The molecule has 0 aromatic heterocycles. The van der Waals surface area contributed by atoms with Gasteiger partial charge in [-0.05, 0) is 24.5 Å². The van der Waals surface area contributed by atoms with Crippen LogP contribution in [0.2, 0.25) is 0 Å². The predicted molar refractivity (Wildman–Crippen MR) is 67.0 cm³/mol. The number of hydrogen-bond donors (Lipinski definition) is 0. The van der Waals surface area contributed by atoms with Crippen molar-refractivity contribution in [3.63, 3.8) is 0 Å². The van der Waals surface area contributed by atoms with Gasteiger partial charge in [0.1, 0.15) is 0 Å². The Balaban J connectivity index is 2.99. The van der Waals surface area contributed by atoms with Crippen LogP contribution in [0.3, 0.4) is 0 Å². The molecule has 1 aromatic carbocycles. The first kappa shape index (κ1) is 13.6. The number of ether oxygens (including phenoxy) is 2. The molecule has 0 fully saturated rings. The second kappa shape index (κ2) is 6.30. The maximum Gasteiger partial charge on any atom is 0.308 e. The summed E-state index contributed by atoms with van der Waals surface area (Å²) in [6, 6.07) is 4.77. The fourth-order valence-electron chi connectivity index (χ4n) is 1.29. The van der Waals surface area contributed by atoms with Gasteiger partial charge in [0.2, 0.25) is 0 Å². The highest BCUT2D eigenvalue weighted by atomic mass is 32.2. The topological polar surface area (TPSA) is 52.6 Å². The first-order chi connectivity index (χ1) is 8.08. The van der Waals surface area contributed by atoms with Gasteiger partial charge in [0, 0.05) is 12.5 Å². The molecule has 0 spiro atoms. The van der Waals surface area contributed by atoms with Gasteiger partial charge in [0.05, 0.1) is 12.9 Å². The molecule has 0 saturated carbocycles. The van der Waals surface area contributed by atoms with Gasteiger partial charge in [-0.25, -0.2) is 0 Å². The molecule has 17 heavy (non-hydrogen) atoms. The van der Waals surface area contributed by atoms with Gasteiger partial charge in [-0.2, -0.15) is 11.8 Å². The fraction of sp³-hybridized carbons (Fsp3) is 0.333. The lowest BCUT2D eigenvalue weighted by Crippen LogP contribution is -2.06. The number of carbonyl (C=O) groups is 2. The van der Waals surface area contributed by atoms with Crippen LogP contribution in [0.15, 0.2) is 18.2 Å². The van der Waals surface area contributed by atoms with Crippen molar-refractivity contribution >= 4 is 23.5 Å². The molecule has 0 heterocycles. The summed E-state index contributed by atoms with van der Waals surface area (Å²) >= 11 is 1.46. The van der Waals surface area contributed by atoms with Gasteiger partial charge in [-0.3, -0.25) is 9.59 Å². The first-order valence-electron chi connectivity index (χ1n) is 4.97. The minimum atomic E-state index is -0.425. The van der Waals surface area contributed by atoms with Crippen molar-refractivity contribution in [2.24, 2.45) is 0 Å². The van der Waals surface area contributed by atoms with Crippen molar-refractivity contribution < 1.29 is 19.1 Å². The van der Waals surface area contributed by atoms with Crippen molar-refractivity contribution in [2.75, 3.05) is 19.1 Å². The molecule has 1 aromatic rings. The van der Waals surface area contributed by atoms with Crippen LogP contribution in [0.4, 0.5) is 0 Å². The predicted octanol–water partition coefficient (Wildman–Crippen LogP) is 2.17. The van der Waals surface area contributed by atoms with Crippen molar-refractivity contribution in [2.45, 2.75) is 6.92 Å². The number of hydrogen-bond acceptors (Lipinski definition) is 5. The summed E-state index contributed by atoms with van der Waals surface area (Å²) in [7, 11) is 1.46. The van der Waals surface area contributed by atoms with E-state index in [1.54, 1.807) is 18.2 Å². The van der Waals surface area contributed by atoms with E-state index in [1.165, 1.54) is 25.8 Å². The van der Waals surface area contributed by atoms with Gasteiger partial charge < -0.3 is 9.47 Å². The monoisotopic (exact) mass is 254 g/mol. The maximum atomic E-state index is 11.7. The van der Waals surface area contributed by atoms with Gasteiger partial charge in [-0.15, -0.1) is 0 Å². The van der Waals surface area contributed by atoms with Crippen LogP contribution in [0.5, 0.6) is 11.5 Å². The SMILES string of the molecule is COc1cc(C(=O)CSC)ccc1OC(C)=O. The lowest BCUT2D eigenvalue weighted by Gasteiger charge is -2.09. The minimum Gasteiger partial charge on any atom is -0.493 e. The normalized spacial score (nSPS) is 9.82. The molecule has 0 aliphatic heterocycles. The second-order valence-electron chi connectivity index (χ2n) is 3.32. The number of ketones is 1. The smallest absolute Gasteiger partial charge is 0.308 e. The molecule has 0 bridgehead atoms. The molecule has 5 heteroatoms. The third kappa shape index (κ3) is 3.78. The van der Waals surface area contributed by atoms with Crippen molar-refractivity contribution in [1.82, 2.24) is 0 Å². The van der Waals surface area contributed by atoms with Gasteiger partial charge >= 0.3 is 5.97 Å². The van der Waals surface area contributed by atoms with E-state index in [9.17, 15) is 9.59 Å². The standard InChI is InChI=1S/C12H14O4S/c1-8(13)16-11-5-4-9(6-12(11)15-2)10(14)7-17-3/h4-6H,7H2,1-3H3. The third-order valence-corrected chi connectivity index (χ3v) is 2.57. The van der Waals surface area contributed by atoms with Crippen LogP contribution in [0, 0.1) is 0 Å². The summed E-state index contributed by atoms with van der Waals surface area (Å²) in [6.45, 7) is 1.31. The van der Waals surface area contributed by atoms with Crippen LogP contribution in [0.25, 0.3) is 0 Å². The summed E-state index contributed by atoms with van der Waals surface area (Å²) in [5.41, 5.74) is 0.548. The number of methoxy groups -OCH3 is 1. The van der Waals surface area contributed by atoms with E-state index in [0.717, 1.165) is 0 Å². The van der Waals surface area contributed by atoms with Crippen LogP contribution < -0.4 is 9.47 Å². The number of rotatable bonds is 5. The molecule has 0 aliphatic rings. The second-order valence-corrected chi connectivity index (χ2v) is 4.18. The highest BCUT2D eigenvalue weighted by molar-refractivity contribution is 7.99. The Morgan fingerprint density at radius 1 is 1.29 bits per heavy atom. The molecular weight excluding hydrogens is 240 g/mol. The Hall–Kier alpha value is -1.49. The molecule has 0 saturated heterocycles. The van der Waals surface area contributed by atoms with Crippen LogP contribution >= 0.6 is 11.8 Å². The van der Waals surface area contributed by atoms with E-state index in [1.807, 2.05) is 6.26 Å². The number of Topliss-reactive ketones (excluding diaryl/α,β-unsaturated/α-hetero) is 1. The van der Waals surface area contributed by atoms with E-state index in [4.69, 9.17) is 9.47 Å². The lowest BCUT2D eigenvalue weighted by atomic mass is 10.1. The number of carbonyl (C=O) groups excluding carboxylic acids is 2. The zero-order valence-corrected chi connectivity index (χ0v) is 10.8. The molecule has 1 rings (SSSR count). The molecule has 0 radical (unpaired) electrons. The lowest BCUT2D eigenvalue weighted by molar-refractivity contribution is -0.132. The molecule has 4 nitrogen and oxygen atoms in total. The highest BCUT2D eigenvalue weighted by Crippen LogP contribution is 2.28. The summed E-state index contributed by atoms with van der Waals surface area (Å²) in [6.07, 6.45) is 1.86. The molecule has 0 amide bonds. The van der Waals surface area contributed by atoms with E-state index in [-0.39, 0.29) is 5.78 Å². The van der Waals surface area contributed by atoms with Crippen LogP contribution in [-0.2, 0) is 4.79 Å². The van der Waals surface area contributed by atoms with Gasteiger partial charge in [0.25, 0.3) is 0 Å². The van der Waals surface area contributed by atoms with Crippen molar-refractivity contribution in [3.05, 3.63) is 23.8 Å². The summed E-state index contributed by atoms with van der Waals surface area (Å²) in [5.74, 6) is 0.709. The number of benzene rings is 1. The van der Waals surface area contributed by atoms with E-state index < -0.39 is 5.97 Å². The van der Waals surface area contributed by atoms with Gasteiger partial charge in [-0.1, -0.05) is 0 Å². The Labute approximate surface area is 104 Å². The minimum absolute atomic E-state index is 0.0187. The van der Waals surface area contributed by atoms with Crippen molar-refractivity contribution in [3.8, 4) is 11.5 Å². The molecule has 0 unspecified atom stereocenters. The molecule has 0 N–H and O–H groups in total. The Morgan fingerprint density at radius 2 is 2.00 bits per heavy atom. The fourth-order valence-corrected chi connectivity index (χ4v) is 1.72. The van der Waals surface area contributed by atoms with E-state index in [2.05, 4.69) is 0 Å². The van der Waals surface area contributed by atoms with E-state index >= 15 is 0 Å².